The van der Waals surface area contributed by atoms with Gasteiger partial charge in [0.1, 0.15) is 0 Å². The molecule has 2 heterocycles. The Bertz CT molecular complexity index is 568. The van der Waals surface area contributed by atoms with E-state index in [0.717, 1.165) is 24.5 Å². The Hall–Kier alpha value is -1.68. The maximum Gasteiger partial charge on any atom is 0.234 e. The molecular weight excluding hydrogens is 238 g/mol. The maximum absolute atomic E-state index is 5.61. The third-order valence-corrected chi connectivity index (χ3v) is 4.67. The van der Waals surface area contributed by atoms with Gasteiger partial charge in [0, 0.05) is 12.1 Å². The fourth-order valence-corrected chi connectivity index (χ4v) is 3.63. The standard InChI is InChI=1S/C15H17N3O/c1-2-5-11(6-3-1)13-17-14(19-18-13)15-8-4-7-12(15)9-16-10-15/h1-3,5-6,12,16H,4,7-10H2/t12-,15+/m0/s1. The molecule has 1 N–H and O–H groups in total. The second-order valence-corrected chi connectivity index (χ2v) is 5.67. The summed E-state index contributed by atoms with van der Waals surface area (Å²) < 4.78 is 5.61. The summed E-state index contributed by atoms with van der Waals surface area (Å²) in [6.07, 6.45) is 3.71. The van der Waals surface area contributed by atoms with Crippen molar-refractivity contribution in [2.75, 3.05) is 13.1 Å². The van der Waals surface area contributed by atoms with E-state index in [0.29, 0.717) is 11.7 Å². The van der Waals surface area contributed by atoms with Crippen LogP contribution in [-0.2, 0) is 5.41 Å². The van der Waals surface area contributed by atoms with E-state index in [1.807, 2.05) is 30.3 Å². The lowest BCUT2D eigenvalue weighted by atomic mass is 9.80. The molecule has 1 aliphatic carbocycles. The van der Waals surface area contributed by atoms with Crippen molar-refractivity contribution in [2.24, 2.45) is 5.92 Å². The van der Waals surface area contributed by atoms with Crippen LogP contribution in [0.2, 0.25) is 0 Å². The van der Waals surface area contributed by atoms with Gasteiger partial charge < -0.3 is 9.84 Å². The Labute approximate surface area is 112 Å². The first-order valence-electron chi connectivity index (χ1n) is 6.99. The third-order valence-electron chi connectivity index (χ3n) is 4.67. The summed E-state index contributed by atoms with van der Waals surface area (Å²) in [6, 6.07) is 10.0. The lowest BCUT2D eigenvalue weighted by molar-refractivity contribution is 0.265. The molecule has 0 spiro atoms. The van der Waals surface area contributed by atoms with E-state index in [9.17, 15) is 0 Å². The zero-order chi connectivity index (χ0) is 12.7. The molecule has 1 aromatic heterocycles. The lowest BCUT2D eigenvalue weighted by Crippen LogP contribution is -2.31. The Morgan fingerprint density at radius 1 is 1.26 bits per heavy atom. The van der Waals surface area contributed by atoms with Gasteiger partial charge in [-0.1, -0.05) is 41.9 Å². The molecule has 0 amide bonds. The maximum atomic E-state index is 5.61. The third kappa shape index (κ3) is 1.63. The number of hydrogen-bond donors (Lipinski definition) is 1. The monoisotopic (exact) mass is 255 g/mol. The SMILES string of the molecule is c1ccc(-c2noc([C@@]34CCC[C@H]3CNC4)n2)cc1. The highest BCUT2D eigenvalue weighted by molar-refractivity contribution is 5.53. The van der Waals surface area contributed by atoms with Gasteiger partial charge >= 0.3 is 0 Å². The van der Waals surface area contributed by atoms with Crippen molar-refractivity contribution in [2.45, 2.75) is 24.7 Å². The van der Waals surface area contributed by atoms with Gasteiger partial charge in [0.05, 0.1) is 5.41 Å². The summed E-state index contributed by atoms with van der Waals surface area (Å²) in [7, 11) is 0. The van der Waals surface area contributed by atoms with Gasteiger partial charge in [0.15, 0.2) is 0 Å². The quantitative estimate of drug-likeness (QED) is 0.895. The van der Waals surface area contributed by atoms with Crippen molar-refractivity contribution in [1.82, 2.24) is 15.5 Å². The fraction of sp³-hybridized carbons (Fsp3) is 0.467. The normalized spacial score (nSPS) is 29.6. The van der Waals surface area contributed by atoms with Crippen LogP contribution in [0.4, 0.5) is 0 Å². The Kier molecular flexibility index (Phi) is 2.45. The van der Waals surface area contributed by atoms with E-state index in [1.54, 1.807) is 0 Å². The first kappa shape index (κ1) is 11.2. The summed E-state index contributed by atoms with van der Waals surface area (Å²) in [5.41, 5.74) is 1.12. The molecule has 1 aliphatic heterocycles. The van der Waals surface area contributed by atoms with Crippen LogP contribution in [-0.4, -0.2) is 23.2 Å². The molecule has 19 heavy (non-hydrogen) atoms. The van der Waals surface area contributed by atoms with Gasteiger partial charge in [-0.2, -0.15) is 4.98 Å². The molecule has 4 heteroatoms. The molecule has 1 saturated carbocycles. The molecule has 1 aromatic carbocycles. The molecule has 2 fully saturated rings. The zero-order valence-corrected chi connectivity index (χ0v) is 10.8. The predicted octanol–water partition coefficient (Wildman–Crippen LogP) is 2.38. The predicted molar refractivity (Wildman–Crippen MR) is 71.6 cm³/mol. The summed E-state index contributed by atoms with van der Waals surface area (Å²) in [4.78, 5) is 4.68. The number of hydrogen-bond acceptors (Lipinski definition) is 4. The first-order valence-corrected chi connectivity index (χ1v) is 6.99. The molecule has 4 rings (SSSR count). The molecule has 0 bridgehead atoms. The highest BCUT2D eigenvalue weighted by Crippen LogP contribution is 2.47. The van der Waals surface area contributed by atoms with Crippen molar-refractivity contribution in [3.63, 3.8) is 0 Å². The van der Waals surface area contributed by atoms with E-state index < -0.39 is 0 Å². The second kappa shape index (κ2) is 4.17. The fourth-order valence-electron chi connectivity index (χ4n) is 3.63. The van der Waals surface area contributed by atoms with E-state index in [-0.39, 0.29) is 5.41 Å². The van der Waals surface area contributed by atoms with Crippen LogP contribution >= 0.6 is 0 Å². The van der Waals surface area contributed by atoms with E-state index in [4.69, 9.17) is 4.52 Å². The van der Waals surface area contributed by atoms with Crippen LogP contribution in [0, 0.1) is 5.92 Å². The van der Waals surface area contributed by atoms with Gasteiger partial charge in [-0.15, -0.1) is 0 Å². The Balaban J connectivity index is 1.72. The number of nitrogens with zero attached hydrogens (tertiary/aromatic N) is 2. The van der Waals surface area contributed by atoms with Gasteiger partial charge in [-0.3, -0.25) is 0 Å². The molecule has 1 saturated heterocycles. The van der Waals surface area contributed by atoms with Crippen LogP contribution in [0.25, 0.3) is 11.4 Å². The minimum absolute atomic E-state index is 0.0973. The van der Waals surface area contributed by atoms with Crippen molar-refractivity contribution >= 4 is 0 Å². The average Bonchev–Trinajstić information content (AvgIpc) is 3.14. The Morgan fingerprint density at radius 2 is 2.16 bits per heavy atom. The second-order valence-electron chi connectivity index (χ2n) is 5.67. The van der Waals surface area contributed by atoms with Crippen molar-refractivity contribution in [3.8, 4) is 11.4 Å². The number of aromatic nitrogens is 2. The summed E-state index contributed by atoms with van der Waals surface area (Å²) >= 11 is 0. The van der Waals surface area contributed by atoms with Gasteiger partial charge in [0.2, 0.25) is 11.7 Å². The van der Waals surface area contributed by atoms with Crippen LogP contribution in [0.15, 0.2) is 34.9 Å². The molecule has 0 unspecified atom stereocenters. The zero-order valence-electron chi connectivity index (χ0n) is 10.8. The largest absolute Gasteiger partial charge is 0.338 e. The lowest BCUT2D eigenvalue weighted by Gasteiger charge is -2.22. The number of benzene rings is 1. The smallest absolute Gasteiger partial charge is 0.234 e. The van der Waals surface area contributed by atoms with Crippen LogP contribution in [0.3, 0.4) is 0 Å². The molecule has 2 aromatic rings. The van der Waals surface area contributed by atoms with Crippen LogP contribution in [0.5, 0.6) is 0 Å². The number of rotatable bonds is 2. The molecule has 0 radical (unpaired) electrons. The molecular formula is C15H17N3O. The summed E-state index contributed by atoms with van der Waals surface area (Å²) in [5, 5.41) is 7.66. The van der Waals surface area contributed by atoms with Gasteiger partial charge in [-0.05, 0) is 25.3 Å². The highest BCUT2D eigenvalue weighted by atomic mass is 16.5. The van der Waals surface area contributed by atoms with Crippen molar-refractivity contribution in [3.05, 3.63) is 36.2 Å². The van der Waals surface area contributed by atoms with Crippen molar-refractivity contribution in [1.29, 1.82) is 0 Å². The molecule has 2 aliphatic rings. The highest BCUT2D eigenvalue weighted by Gasteiger charge is 2.51. The van der Waals surface area contributed by atoms with E-state index in [2.05, 4.69) is 15.5 Å². The summed E-state index contributed by atoms with van der Waals surface area (Å²) in [6.45, 7) is 2.07. The minimum Gasteiger partial charge on any atom is -0.338 e. The molecule has 2 atom stereocenters. The van der Waals surface area contributed by atoms with Gasteiger partial charge in [-0.25, -0.2) is 0 Å². The van der Waals surface area contributed by atoms with Crippen LogP contribution in [0.1, 0.15) is 25.2 Å². The summed E-state index contributed by atoms with van der Waals surface area (Å²) in [5.74, 6) is 2.21. The van der Waals surface area contributed by atoms with E-state index in [1.165, 1.54) is 19.3 Å². The Morgan fingerprint density at radius 3 is 3.05 bits per heavy atom. The molecule has 98 valence electrons. The van der Waals surface area contributed by atoms with E-state index >= 15 is 0 Å². The first-order chi connectivity index (χ1) is 9.38. The molecule has 4 nitrogen and oxygen atoms in total. The number of fused-ring (bicyclic) bond motifs is 1. The van der Waals surface area contributed by atoms with Gasteiger partial charge in [0.25, 0.3) is 0 Å². The minimum atomic E-state index is 0.0973. The topological polar surface area (TPSA) is 51.0 Å². The number of nitrogens with one attached hydrogen (secondary N) is 1. The van der Waals surface area contributed by atoms with Crippen molar-refractivity contribution < 1.29 is 4.52 Å². The van der Waals surface area contributed by atoms with Crippen LogP contribution < -0.4 is 5.32 Å². The average molecular weight is 255 g/mol.